The molecular weight excluding hydrogens is 266 g/mol. The second kappa shape index (κ2) is 7.41. The molecule has 5 nitrogen and oxygen atoms in total. The molecule has 1 fully saturated rings. The highest BCUT2D eigenvalue weighted by atomic mass is 16.6. The lowest BCUT2D eigenvalue weighted by atomic mass is 10.1. The zero-order valence-corrected chi connectivity index (χ0v) is 13.0. The Kier molecular flexibility index (Phi) is 5.56. The number of nitrogens with one attached hydrogen (secondary N) is 1. The molecular formula is C16H25N3O2. The van der Waals surface area contributed by atoms with Gasteiger partial charge in [0, 0.05) is 25.2 Å². The maximum absolute atomic E-state index is 11.2. The third-order valence-corrected chi connectivity index (χ3v) is 4.20. The molecule has 1 N–H and O–H groups in total. The van der Waals surface area contributed by atoms with Crippen molar-refractivity contribution in [3.63, 3.8) is 0 Å². The van der Waals surface area contributed by atoms with Crippen LogP contribution >= 0.6 is 0 Å². The first kappa shape index (κ1) is 15.8. The third-order valence-electron chi connectivity index (χ3n) is 4.20. The van der Waals surface area contributed by atoms with E-state index in [0.29, 0.717) is 18.3 Å². The zero-order valence-electron chi connectivity index (χ0n) is 13.0. The van der Waals surface area contributed by atoms with Gasteiger partial charge in [-0.2, -0.15) is 0 Å². The summed E-state index contributed by atoms with van der Waals surface area (Å²) < 4.78 is 0. The molecule has 21 heavy (non-hydrogen) atoms. The first-order valence-electron chi connectivity index (χ1n) is 7.87. The van der Waals surface area contributed by atoms with Crippen molar-refractivity contribution in [1.29, 1.82) is 0 Å². The molecule has 116 valence electrons. The summed E-state index contributed by atoms with van der Waals surface area (Å²) in [6, 6.07) is 6.11. The second-order valence-corrected chi connectivity index (χ2v) is 5.81. The van der Waals surface area contributed by atoms with Crippen LogP contribution in [0.15, 0.2) is 18.2 Å². The molecule has 0 radical (unpaired) electrons. The average Bonchev–Trinajstić information content (AvgIpc) is 2.66. The van der Waals surface area contributed by atoms with Crippen molar-refractivity contribution in [2.24, 2.45) is 0 Å². The van der Waals surface area contributed by atoms with Crippen LogP contribution in [0.5, 0.6) is 0 Å². The number of likely N-dealkylation sites (tertiary alicyclic amines) is 1. The van der Waals surface area contributed by atoms with Gasteiger partial charge in [-0.3, -0.25) is 15.0 Å². The number of benzene rings is 1. The van der Waals surface area contributed by atoms with Crippen LogP contribution in [-0.4, -0.2) is 29.0 Å². The monoisotopic (exact) mass is 291 g/mol. The summed E-state index contributed by atoms with van der Waals surface area (Å²) in [7, 11) is 0. The molecule has 5 heteroatoms. The number of rotatable bonds is 5. The highest BCUT2D eigenvalue weighted by Crippen LogP contribution is 2.27. The lowest BCUT2D eigenvalue weighted by Gasteiger charge is -2.26. The smallest absolute Gasteiger partial charge is 0.292 e. The van der Waals surface area contributed by atoms with Crippen LogP contribution in [0, 0.1) is 10.1 Å². The number of nitrogens with zero attached hydrogens (tertiary/aromatic N) is 2. The van der Waals surface area contributed by atoms with E-state index in [4.69, 9.17) is 0 Å². The van der Waals surface area contributed by atoms with Gasteiger partial charge in [-0.25, -0.2) is 0 Å². The molecule has 0 saturated carbocycles. The van der Waals surface area contributed by atoms with Crippen LogP contribution in [0.2, 0.25) is 0 Å². The number of hydrogen-bond acceptors (Lipinski definition) is 4. The molecule has 1 aliphatic rings. The molecule has 1 saturated heterocycles. The van der Waals surface area contributed by atoms with Crippen molar-refractivity contribution in [2.45, 2.75) is 52.1 Å². The molecule has 1 aromatic carbocycles. The standard InChI is InChI=1S/C16H25N3O2/c1-3-17-15-9-8-14(11-16(15)19(20)21)12-18-10-6-4-5-7-13(18)2/h8-9,11,13,17H,3-7,10,12H2,1-2H3. The number of nitro benzene ring substituents is 1. The largest absolute Gasteiger partial charge is 0.380 e. The van der Waals surface area contributed by atoms with Crippen LogP contribution < -0.4 is 5.32 Å². The second-order valence-electron chi connectivity index (χ2n) is 5.81. The van der Waals surface area contributed by atoms with Crippen molar-refractivity contribution >= 4 is 11.4 Å². The van der Waals surface area contributed by atoms with E-state index in [9.17, 15) is 10.1 Å². The van der Waals surface area contributed by atoms with Crippen LogP contribution in [0.1, 0.15) is 45.1 Å². The van der Waals surface area contributed by atoms with Gasteiger partial charge in [0.2, 0.25) is 0 Å². The van der Waals surface area contributed by atoms with Crippen molar-refractivity contribution in [2.75, 3.05) is 18.4 Å². The summed E-state index contributed by atoms with van der Waals surface area (Å²) in [5, 5.41) is 14.3. The van der Waals surface area contributed by atoms with E-state index < -0.39 is 0 Å². The van der Waals surface area contributed by atoms with Crippen LogP contribution in [0.4, 0.5) is 11.4 Å². The maximum Gasteiger partial charge on any atom is 0.292 e. The van der Waals surface area contributed by atoms with E-state index >= 15 is 0 Å². The highest BCUT2D eigenvalue weighted by molar-refractivity contribution is 5.62. The summed E-state index contributed by atoms with van der Waals surface area (Å²) in [4.78, 5) is 13.4. The molecule has 0 amide bonds. The van der Waals surface area contributed by atoms with E-state index in [1.165, 1.54) is 25.7 Å². The van der Waals surface area contributed by atoms with Gasteiger partial charge in [0.05, 0.1) is 4.92 Å². The van der Waals surface area contributed by atoms with Gasteiger partial charge >= 0.3 is 0 Å². The topological polar surface area (TPSA) is 58.4 Å². The average molecular weight is 291 g/mol. The summed E-state index contributed by atoms with van der Waals surface area (Å²) in [6.07, 6.45) is 5.02. The van der Waals surface area contributed by atoms with Gasteiger partial charge in [0.25, 0.3) is 5.69 Å². The van der Waals surface area contributed by atoms with Gasteiger partial charge in [-0.1, -0.05) is 18.9 Å². The minimum Gasteiger partial charge on any atom is -0.380 e. The Labute approximate surface area is 126 Å². The molecule has 1 atom stereocenters. The van der Waals surface area contributed by atoms with E-state index in [1.54, 1.807) is 6.07 Å². The molecule has 2 rings (SSSR count). The van der Waals surface area contributed by atoms with E-state index in [0.717, 1.165) is 18.7 Å². The normalized spacial score (nSPS) is 20.0. The molecule has 0 spiro atoms. The molecule has 1 aromatic rings. The van der Waals surface area contributed by atoms with Gasteiger partial charge in [0.1, 0.15) is 5.69 Å². The van der Waals surface area contributed by atoms with Gasteiger partial charge in [-0.05, 0) is 44.9 Å². The van der Waals surface area contributed by atoms with Gasteiger partial charge in [-0.15, -0.1) is 0 Å². The summed E-state index contributed by atoms with van der Waals surface area (Å²) in [6.45, 7) is 6.77. The molecule has 0 aromatic heterocycles. The lowest BCUT2D eigenvalue weighted by molar-refractivity contribution is -0.384. The fourth-order valence-corrected chi connectivity index (χ4v) is 2.97. The molecule has 1 heterocycles. The Morgan fingerprint density at radius 3 is 2.90 bits per heavy atom. The van der Waals surface area contributed by atoms with Crippen LogP contribution in [-0.2, 0) is 6.54 Å². The molecule has 1 aliphatic heterocycles. The number of nitro groups is 1. The molecule has 1 unspecified atom stereocenters. The SMILES string of the molecule is CCNc1ccc(CN2CCCCCC2C)cc1[N+](=O)[O-]. The van der Waals surface area contributed by atoms with Gasteiger partial charge < -0.3 is 5.32 Å². The Morgan fingerprint density at radius 2 is 2.19 bits per heavy atom. The first-order valence-corrected chi connectivity index (χ1v) is 7.87. The van der Waals surface area contributed by atoms with Crippen LogP contribution in [0.25, 0.3) is 0 Å². The minimum absolute atomic E-state index is 0.178. The summed E-state index contributed by atoms with van der Waals surface area (Å²) >= 11 is 0. The van der Waals surface area contributed by atoms with Crippen molar-refractivity contribution < 1.29 is 4.92 Å². The maximum atomic E-state index is 11.2. The zero-order chi connectivity index (χ0) is 15.2. The summed E-state index contributed by atoms with van der Waals surface area (Å²) in [5.41, 5.74) is 1.81. The fraction of sp³-hybridized carbons (Fsp3) is 0.625. The van der Waals surface area contributed by atoms with Crippen molar-refractivity contribution in [3.05, 3.63) is 33.9 Å². The van der Waals surface area contributed by atoms with E-state index in [1.807, 2.05) is 19.1 Å². The van der Waals surface area contributed by atoms with Crippen molar-refractivity contribution in [1.82, 2.24) is 4.90 Å². The Balaban J connectivity index is 2.16. The predicted octanol–water partition coefficient (Wildman–Crippen LogP) is 3.79. The Morgan fingerprint density at radius 1 is 1.38 bits per heavy atom. The number of hydrogen-bond donors (Lipinski definition) is 1. The van der Waals surface area contributed by atoms with E-state index in [2.05, 4.69) is 17.1 Å². The predicted molar refractivity (Wildman–Crippen MR) is 85.6 cm³/mol. The quantitative estimate of drug-likeness (QED) is 0.662. The highest BCUT2D eigenvalue weighted by Gasteiger charge is 2.19. The Hall–Kier alpha value is -1.62. The third kappa shape index (κ3) is 4.17. The van der Waals surface area contributed by atoms with Crippen molar-refractivity contribution in [3.8, 4) is 0 Å². The minimum atomic E-state index is -0.298. The lowest BCUT2D eigenvalue weighted by Crippen LogP contribution is -2.31. The molecule has 0 bridgehead atoms. The molecule has 0 aliphatic carbocycles. The van der Waals surface area contributed by atoms with E-state index in [-0.39, 0.29) is 10.6 Å². The van der Waals surface area contributed by atoms with Gasteiger partial charge in [0.15, 0.2) is 0 Å². The fourth-order valence-electron chi connectivity index (χ4n) is 2.97. The Bertz CT molecular complexity index is 490. The van der Waals surface area contributed by atoms with Crippen LogP contribution in [0.3, 0.4) is 0 Å². The summed E-state index contributed by atoms with van der Waals surface area (Å²) in [5.74, 6) is 0. The number of anilines is 1. The first-order chi connectivity index (χ1) is 10.1.